The monoisotopic (exact) mass is 342 g/mol. The average Bonchev–Trinajstić information content (AvgIpc) is 2.52. The first-order valence-electron chi connectivity index (χ1n) is 7.77. The lowest BCUT2D eigenvalue weighted by molar-refractivity contribution is -0.130. The summed E-state index contributed by atoms with van der Waals surface area (Å²) in [4.78, 5) is 14.0. The van der Waals surface area contributed by atoms with E-state index >= 15 is 0 Å². The topological polar surface area (TPSA) is 75.7 Å². The van der Waals surface area contributed by atoms with Gasteiger partial charge in [0, 0.05) is 13.1 Å². The number of carbonyl (C=O) groups excluding carboxylic acids is 1. The van der Waals surface area contributed by atoms with Gasteiger partial charge in [0.05, 0.1) is 18.6 Å². The highest BCUT2D eigenvalue weighted by molar-refractivity contribution is 7.89. The number of nitrogens with zero attached hydrogens (tertiary/aromatic N) is 1. The van der Waals surface area contributed by atoms with Gasteiger partial charge in [-0.1, -0.05) is 13.8 Å². The predicted octanol–water partition coefficient (Wildman–Crippen LogP) is 1.93. The molecule has 130 valence electrons. The Kier molecular flexibility index (Phi) is 7.51. The highest BCUT2D eigenvalue weighted by Crippen LogP contribution is 2.20. The quantitative estimate of drug-likeness (QED) is 0.744. The lowest BCUT2D eigenvalue weighted by atomic mass is 10.2. The highest BCUT2D eigenvalue weighted by atomic mass is 32.2. The molecule has 1 rings (SSSR count). The number of benzene rings is 1. The second-order valence-electron chi connectivity index (χ2n) is 5.34. The minimum atomic E-state index is -3.73. The molecule has 1 N–H and O–H groups in total. The molecule has 0 saturated carbocycles. The molecule has 0 bridgehead atoms. The fourth-order valence-corrected chi connectivity index (χ4v) is 3.50. The fraction of sp³-hybridized carbons (Fsp3) is 0.562. The number of hydrogen-bond donors (Lipinski definition) is 1. The Balaban J connectivity index is 2.81. The van der Waals surface area contributed by atoms with E-state index in [1.807, 2.05) is 13.8 Å². The van der Waals surface area contributed by atoms with Gasteiger partial charge in [-0.15, -0.1) is 0 Å². The highest BCUT2D eigenvalue weighted by Gasteiger charge is 2.20. The largest absolute Gasteiger partial charge is 0.497 e. The molecule has 23 heavy (non-hydrogen) atoms. The Bertz CT molecular complexity index is 623. The maximum atomic E-state index is 12.4. The first-order valence-corrected chi connectivity index (χ1v) is 9.26. The summed E-state index contributed by atoms with van der Waals surface area (Å²) in [6.45, 7) is 6.71. The number of ether oxygens (including phenoxy) is 1. The second-order valence-corrected chi connectivity index (χ2v) is 7.07. The summed E-state index contributed by atoms with van der Waals surface area (Å²) in [7, 11) is -2.20. The van der Waals surface area contributed by atoms with E-state index in [1.165, 1.54) is 13.2 Å². The van der Waals surface area contributed by atoms with Crippen molar-refractivity contribution in [2.45, 2.75) is 38.5 Å². The Morgan fingerprint density at radius 2 is 1.83 bits per heavy atom. The summed E-state index contributed by atoms with van der Waals surface area (Å²) in [6.07, 6.45) is 1.69. The molecule has 0 aliphatic heterocycles. The molecule has 0 heterocycles. The van der Waals surface area contributed by atoms with Crippen LogP contribution in [0.4, 0.5) is 0 Å². The van der Waals surface area contributed by atoms with Gasteiger partial charge in [-0.05, 0) is 43.5 Å². The van der Waals surface area contributed by atoms with Gasteiger partial charge >= 0.3 is 0 Å². The number of hydrogen-bond acceptors (Lipinski definition) is 4. The summed E-state index contributed by atoms with van der Waals surface area (Å²) >= 11 is 0. The van der Waals surface area contributed by atoms with Gasteiger partial charge in [0.2, 0.25) is 15.9 Å². The molecule has 7 heteroatoms. The first kappa shape index (κ1) is 19.4. The van der Waals surface area contributed by atoms with Crippen LogP contribution in [-0.4, -0.2) is 46.0 Å². The minimum absolute atomic E-state index is 0.156. The second kappa shape index (κ2) is 8.88. The number of methoxy groups -OCH3 is 1. The van der Waals surface area contributed by atoms with Crippen LogP contribution in [0.3, 0.4) is 0 Å². The van der Waals surface area contributed by atoms with Crippen LogP contribution in [0.15, 0.2) is 23.1 Å². The standard InChI is InChI=1S/C16H26N2O4S/c1-5-9-18(10-6-2)16(19)12-17-23(20,21)15-8-7-14(22-4)11-13(15)3/h7-8,11,17H,5-6,9-10,12H2,1-4H3. The van der Waals surface area contributed by atoms with Crippen molar-refractivity contribution >= 4 is 15.9 Å². The van der Waals surface area contributed by atoms with Crippen molar-refractivity contribution in [1.29, 1.82) is 0 Å². The maximum absolute atomic E-state index is 12.4. The predicted molar refractivity (Wildman–Crippen MR) is 90.1 cm³/mol. The third-order valence-corrected chi connectivity index (χ3v) is 4.99. The van der Waals surface area contributed by atoms with Crippen LogP contribution < -0.4 is 9.46 Å². The van der Waals surface area contributed by atoms with Crippen molar-refractivity contribution in [3.63, 3.8) is 0 Å². The van der Waals surface area contributed by atoms with Gasteiger partial charge in [0.15, 0.2) is 0 Å². The first-order chi connectivity index (χ1) is 10.9. The van der Waals surface area contributed by atoms with Gasteiger partial charge in [-0.3, -0.25) is 4.79 Å². The van der Waals surface area contributed by atoms with E-state index in [2.05, 4.69) is 4.72 Å². The van der Waals surface area contributed by atoms with Gasteiger partial charge in [-0.2, -0.15) is 0 Å². The summed E-state index contributed by atoms with van der Waals surface area (Å²) in [5, 5.41) is 0. The van der Waals surface area contributed by atoms with Gasteiger partial charge in [0.1, 0.15) is 5.75 Å². The van der Waals surface area contributed by atoms with E-state index in [0.29, 0.717) is 24.4 Å². The Morgan fingerprint density at radius 3 is 2.30 bits per heavy atom. The number of nitrogens with one attached hydrogen (secondary N) is 1. The van der Waals surface area contributed by atoms with E-state index in [1.54, 1.807) is 24.0 Å². The number of aryl methyl sites for hydroxylation is 1. The van der Waals surface area contributed by atoms with E-state index in [4.69, 9.17) is 4.74 Å². The molecule has 0 unspecified atom stereocenters. The van der Waals surface area contributed by atoms with Crippen LogP contribution in [0.5, 0.6) is 5.75 Å². The summed E-state index contributed by atoms with van der Waals surface area (Å²) < 4.78 is 32.2. The summed E-state index contributed by atoms with van der Waals surface area (Å²) in [5.74, 6) is 0.387. The van der Waals surface area contributed by atoms with Crippen molar-refractivity contribution < 1.29 is 17.9 Å². The molecular weight excluding hydrogens is 316 g/mol. The van der Waals surface area contributed by atoms with Crippen LogP contribution >= 0.6 is 0 Å². The zero-order valence-corrected chi connectivity index (χ0v) is 15.1. The molecule has 0 radical (unpaired) electrons. The molecule has 0 aromatic heterocycles. The van der Waals surface area contributed by atoms with Crippen molar-refractivity contribution in [1.82, 2.24) is 9.62 Å². The SMILES string of the molecule is CCCN(CCC)C(=O)CNS(=O)(=O)c1ccc(OC)cc1C. The van der Waals surface area contributed by atoms with E-state index in [9.17, 15) is 13.2 Å². The zero-order valence-electron chi connectivity index (χ0n) is 14.3. The van der Waals surface area contributed by atoms with Crippen LogP contribution in [0.2, 0.25) is 0 Å². The molecule has 1 aromatic carbocycles. The van der Waals surface area contributed by atoms with Gasteiger partial charge < -0.3 is 9.64 Å². The fourth-order valence-electron chi connectivity index (χ4n) is 2.30. The third-order valence-electron chi connectivity index (χ3n) is 3.42. The zero-order chi connectivity index (χ0) is 17.5. The molecule has 1 aromatic rings. The normalized spacial score (nSPS) is 11.3. The Hall–Kier alpha value is -1.60. The van der Waals surface area contributed by atoms with Crippen molar-refractivity contribution in [2.24, 2.45) is 0 Å². The molecule has 0 aliphatic carbocycles. The Labute approximate surface area is 138 Å². The molecule has 0 aliphatic rings. The molecule has 1 amide bonds. The van der Waals surface area contributed by atoms with Crippen molar-refractivity contribution in [2.75, 3.05) is 26.7 Å². The van der Waals surface area contributed by atoms with Gasteiger partial charge in [0.25, 0.3) is 0 Å². The summed E-state index contributed by atoms with van der Waals surface area (Å²) in [5.41, 5.74) is 0.572. The maximum Gasteiger partial charge on any atom is 0.241 e. The molecule has 6 nitrogen and oxygen atoms in total. The van der Waals surface area contributed by atoms with Crippen molar-refractivity contribution in [3.8, 4) is 5.75 Å². The molecular formula is C16H26N2O4S. The molecule has 0 saturated heterocycles. The third kappa shape index (κ3) is 5.51. The van der Waals surface area contributed by atoms with E-state index in [-0.39, 0.29) is 17.3 Å². The van der Waals surface area contributed by atoms with Crippen LogP contribution in [0, 0.1) is 6.92 Å². The Morgan fingerprint density at radius 1 is 1.22 bits per heavy atom. The molecule has 0 fully saturated rings. The lowest BCUT2D eigenvalue weighted by Gasteiger charge is -2.21. The van der Waals surface area contributed by atoms with Crippen LogP contribution in [-0.2, 0) is 14.8 Å². The number of carbonyl (C=O) groups is 1. The van der Waals surface area contributed by atoms with Crippen LogP contribution in [0.25, 0.3) is 0 Å². The number of amides is 1. The van der Waals surface area contributed by atoms with E-state index < -0.39 is 10.0 Å². The summed E-state index contributed by atoms with van der Waals surface area (Å²) in [6, 6.07) is 4.72. The molecule has 0 atom stereocenters. The average molecular weight is 342 g/mol. The van der Waals surface area contributed by atoms with Crippen molar-refractivity contribution in [3.05, 3.63) is 23.8 Å². The lowest BCUT2D eigenvalue weighted by Crippen LogP contribution is -2.41. The van der Waals surface area contributed by atoms with E-state index in [0.717, 1.165) is 12.8 Å². The number of rotatable bonds is 9. The smallest absolute Gasteiger partial charge is 0.241 e. The minimum Gasteiger partial charge on any atom is -0.497 e. The van der Waals surface area contributed by atoms with Crippen LogP contribution in [0.1, 0.15) is 32.3 Å². The van der Waals surface area contributed by atoms with Gasteiger partial charge in [-0.25, -0.2) is 13.1 Å². The number of sulfonamides is 1. The molecule has 0 spiro atoms.